The molecule has 102 valence electrons. The molecular formula is C15H25NO2. The normalized spacial score (nSPS) is 12.2. The Kier molecular flexibility index (Phi) is 6.58. The van der Waals surface area contributed by atoms with Crippen LogP contribution in [0.1, 0.15) is 44.1 Å². The Bertz CT molecular complexity index is 352. The van der Waals surface area contributed by atoms with E-state index in [1.54, 1.807) is 14.2 Å². The lowest BCUT2D eigenvalue weighted by Gasteiger charge is -2.18. The first kappa shape index (κ1) is 14.8. The summed E-state index contributed by atoms with van der Waals surface area (Å²) < 4.78 is 10.6. The van der Waals surface area contributed by atoms with Gasteiger partial charge in [-0.05, 0) is 49.4 Å². The molecule has 1 aromatic carbocycles. The fourth-order valence-electron chi connectivity index (χ4n) is 2.30. The van der Waals surface area contributed by atoms with Crippen molar-refractivity contribution in [2.45, 2.75) is 38.5 Å². The fourth-order valence-corrected chi connectivity index (χ4v) is 2.30. The Hall–Kier alpha value is -1.22. The Balaban J connectivity index is 2.89. The van der Waals surface area contributed by atoms with Gasteiger partial charge in [0.25, 0.3) is 0 Å². The summed E-state index contributed by atoms with van der Waals surface area (Å²) in [5.41, 5.74) is 6.93. The summed E-state index contributed by atoms with van der Waals surface area (Å²) in [5, 5.41) is 0. The van der Waals surface area contributed by atoms with Crippen molar-refractivity contribution in [1.82, 2.24) is 0 Å². The van der Waals surface area contributed by atoms with Crippen LogP contribution in [0.3, 0.4) is 0 Å². The smallest absolute Gasteiger partial charge is 0.160 e. The molecule has 1 rings (SSSR count). The van der Waals surface area contributed by atoms with Gasteiger partial charge < -0.3 is 15.2 Å². The van der Waals surface area contributed by atoms with Crippen LogP contribution >= 0.6 is 0 Å². The summed E-state index contributed by atoms with van der Waals surface area (Å²) >= 11 is 0. The second-order valence-corrected chi connectivity index (χ2v) is 4.53. The van der Waals surface area contributed by atoms with Crippen LogP contribution in [0, 0.1) is 0 Å². The molecule has 1 unspecified atom stereocenters. The summed E-state index contributed by atoms with van der Waals surface area (Å²) in [5.74, 6) is 2.16. The zero-order valence-corrected chi connectivity index (χ0v) is 11.7. The van der Waals surface area contributed by atoms with E-state index >= 15 is 0 Å². The van der Waals surface area contributed by atoms with Crippen LogP contribution in [-0.2, 0) is 0 Å². The van der Waals surface area contributed by atoms with E-state index in [4.69, 9.17) is 15.2 Å². The van der Waals surface area contributed by atoms with Crippen LogP contribution in [-0.4, -0.2) is 20.8 Å². The molecule has 18 heavy (non-hydrogen) atoms. The number of rotatable bonds is 8. The van der Waals surface area contributed by atoms with Crippen molar-refractivity contribution in [2.24, 2.45) is 5.73 Å². The van der Waals surface area contributed by atoms with Gasteiger partial charge in [0.1, 0.15) is 0 Å². The third-order valence-electron chi connectivity index (χ3n) is 3.27. The first-order valence-corrected chi connectivity index (χ1v) is 6.68. The van der Waals surface area contributed by atoms with E-state index in [9.17, 15) is 0 Å². The van der Waals surface area contributed by atoms with E-state index in [1.807, 2.05) is 6.07 Å². The lowest BCUT2D eigenvalue weighted by atomic mass is 9.90. The molecule has 0 bridgehead atoms. The summed E-state index contributed by atoms with van der Waals surface area (Å²) in [6.07, 6.45) is 4.58. The molecule has 0 aromatic heterocycles. The SMILES string of the molecule is CCCC(CCCN)c1ccc(OC)c(OC)c1. The summed E-state index contributed by atoms with van der Waals surface area (Å²) in [4.78, 5) is 0. The topological polar surface area (TPSA) is 44.5 Å². The van der Waals surface area contributed by atoms with Gasteiger partial charge in [-0.15, -0.1) is 0 Å². The maximum absolute atomic E-state index is 5.61. The molecule has 1 atom stereocenters. The second kappa shape index (κ2) is 7.98. The predicted octanol–water partition coefficient (Wildman–Crippen LogP) is 3.33. The minimum atomic E-state index is 0.568. The molecule has 2 N–H and O–H groups in total. The molecular weight excluding hydrogens is 226 g/mol. The highest BCUT2D eigenvalue weighted by Crippen LogP contribution is 2.34. The van der Waals surface area contributed by atoms with E-state index in [2.05, 4.69) is 19.1 Å². The number of methoxy groups -OCH3 is 2. The standard InChI is InChI=1S/C15H25NO2/c1-4-6-12(7-5-10-16)13-8-9-14(17-2)15(11-13)18-3/h8-9,11-12H,4-7,10,16H2,1-3H3. The first-order chi connectivity index (χ1) is 8.76. The van der Waals surface area contributed by atoms with Crippen molar-refractivity contribution in [1.29, 1.82) is 0 Å². The van der Waals surface area contributed by atoms with Crippen molar-refractivity contribution in [3.05, 3.63) is 23.8 Å². The molecule has 0 radical (unpaired) electrons. The van der Waals surface area contributed by atoms with Gasteiger partial charge in [-0.25, -0.2) is 0 Å². The lowest BCUT2D eigenvalue weighted by Crippen LogP contribution is -2.05. The fraction of sp³-hybridized carbons (Fsp3) is 0.600. The monoisotopic (exact) mass is 251 g/mol. The van der Waals surface area contributed by atoms with Gasteiger partial charge in [0.2, 0.25) is 0 Å². The maximum Gasteiger partial charge on any atom is 0.160 e. The highest BCUT2D eigenvalue weighted by atomic mass is 16.5. The van der Waals surface area contributed by atoms with E-state index in [-0.39, 0.29) is 0 Å². The molecule has 0 saturated heterocycles. The Morgan fingerprint density at radius 3 is 2.39 bits per heavy atom. The van der Waals surface area contributed by atoms with Crippen LogP contribution in [0.4, 0.5) is 0 Å². The van der Waals surface area contributed by atoms with Gasteiger partial charge in [-0.2, -0.15) is 0 Å². The van der Waals surface area contributed by atoms with Gasteiger partial charge >= 0.3 is 0 Å². The van der Waals surface area contributed by atoms with Gasteiger partial charge in [-0.3, -0.25) is 0 Å². The molecule has 0 fully saturated rings. The zero-order valence-electron chi connectivity index (χ0n) is 11.7. The molecule has 0 saturated carbocycles. The Labute approximate surface area is 110 Å². The molecule has 0 aliphatic heterocycles. The van der Waals surface area contributed by atoms with Crippen molar-refractivity contribution in [3.8, 4) is 11.5 Å². The van der Waals surface area contributed by atoms with E-state index in [0.717, 1.165) is 30.9 Å². The largest absolute Gasteiger partial charge is 0.493 e. The quantitative estimate of drug-likeness (QED) is 0.770. The molecule has 0 spiro atoms. The van der Waals surface area contributed by atoms with Crippen LogP contribution < -0.4 is 15.2 Å². The number of ether oxygens (including phenoxy) is 2. The zero-order chi connectivity index (χ0) is 13.4. The van der Waals surface area contributed by atoms with Gasteiger partial charge in [-0.1, -0.05) is 19.4 Å². The molecule has 1 aromatic rings. The highest BCUT2D eigenvalue weighted by molar-refractivity contribution is 5.43. The van der Waals surface area contributed by atoms with Crippen molar-refractivity contribution >= 4 is 0 Å². The van der Waals surface area contributed by atoms with E-state index in [1.165, 1.54) is 18.4 Å². The van der Waals surface area contributed by atoms with Gasteiger partial charge in [0.05, 0.1) is 14.2 Å². The molecule has 0 aliphatic rings. The van der Waals surface area contributed by atoms with Crippen LogP contribution in [0.15, 0.2) is 18.2 Å². The minimum Gasteiger partial charge on any atom is -0.493 e. The second-order valence-electron chi connectivity index (χ2n) is 4.53. The lowest BCUT2D eigenvalue weighted by molar-refractivity contribution is 0.354. The number of benzene rings is 1. The third kappa shape index (κ3) is 3.91. The molecule has 0 aliphatic carbocycles. The Morgan fingerprint density at radius 2 is 1.83 bits per heavy atom. The summed E-state index contributed by atoms with van der Waals surface area (Å²) in [7, 11) is 3.34. The van der Waals surface area contributed by atoms with Crippen LogP contribution in [0.25, 0.3) is 0 Å². The molecule has 0 amide bonds. The Morgan fingerprint density at radius 1 is 1.11 bits per heavy atom. The number of hydrogen-bond donors (Lipinski definition) is 1. The van der Waals surface area contributed by atoms with Crippen molar-refractivity contribution in [3.63, 3.8) is 0 Å². The average Bonchev–Trinajstić information content (AvgIpc) is 2.42. The third-order valence-corrected chi connectivity index (χ3v) is 3.27. The van der Waals surface area contributed by atoms with Crippen LogP contribution in [0.5, 0.6) is 11.5 Å². The predicted molar refractivity (Wildman–Crippen MR) is 75.5 cm³/mol. The molecule has 3 nitrogen and oxygen atoms in total. The molecule has 0 heterocycles. The average molecular weight is 251 g/mol. The highest BCUT2D eigenvalue weighted by Gasteiger charge is 2.13. The van der Waals surface area contributed by atoms with Gasteiger partial charge in [0, 0.05) is 0 Å². The maximum atomic E-state index is 5.61. The van der Waals surface area contributed by atoms with Crippen molar-refractivity contribution < 1.29 is 9.47 Å². The van der Waals surface area contributed by atoms with Crippen molar-refractivity contribution in [2.75, 3.05) is 20.8 Å². The molecule has 3 heteroatoms. The number of nitrogens with two attached hydrogens (primary N) is 1. The van der Waals surface area contributed by atoms with E-state index in [0.29, 0.717) is 5.92 Å². The van der Waals surface area contributed by atoms with Crippen LogP contribution in [0.2, 0.25) is 0 Å². The minimum absolute atomic E-state index is 0.568. The summed E-state index contributed by atoms with van der Waals surface area (Å²) in [6, 6.07) is 6.22. The van der Waals surface area contributed by atoms with E-state index < -0.39 is 0 Å². The number of hydrogen-bond acceptors (Lipinski definition) is 3. The summed E-state index contributed by atoms with van der Waals surface area (Å²) in [6.45, 7) is 2.98. The first-order valence-electron chi connectivity index (χ1n) is 6.68. The van der Waals surface area contributed by atoms with Gasteiger partial charge in [0.15, 0.2) is 11.5 Å².